The predicted molar refractivity (Wildman–Crippen MR) is 112 cm³/mol. The van der Waals surface area contributed by atoms with Crippen LogP contribution in [0.2, 0.25) is 10.0 Å². The van der Waals surface area contributed by atoms with Crippen LogP contribution in [-0.4, -0.2) is 11.0 Å². The van der Waals surface area contributed by atoms with Crippen molar-refractivity contribution in [3.8, 4) is 22.6 Å². The Morgan fingerprint density at radius 3 is 2.43 bits per heavy atom. The number of carbonyl (C=O) groups excluding carboxylic acids is 1. The van der Waals surface area contributed by atoms with Crippen LogP contribution in [-0.2, 0) is 6.61 Å². The maximum Gasteiger partial charge on any atom is 0.291 e. The zero-order valence-corrected chi connectivity index (χ0v) is 16.8. The summed E-state index contributed by atoms with van der Waals surface area (Å²) in [7, 11) is 0. The summed E-state index contributed by atoms with van der Waals surface area (Å²) in [6.07, 6.45) is 0. The highest BCUT2D eigenvalue weighted by Crippen LogP contribution is 2.32. The molecule has 2 aromatic carbocycles. The minimum absolute atomic E-state index is 0.0349. The number of nitrogens with one attached hydrogen (secondary N) is 1. The number of anilines is 1. The molecule has 2 N–H and O–H groups in total. The Labute approximate surface area is 180 Å². The third-order valence-corrected chi connectivity index (χ3v) is 4.95. The van der Waals surface area contributed by atoms with Crippen molar-refractivity contribution in [2.75, 3.05) is 5.32 Å². The van der Waals surface area contributed by atoms with E-state index in [0.29, 0.717) is 39.1 Å². The smallest absolute Gasteiger partial charge is 0.291 e. The van der Waals surface area contributed by atoms with E-state index in [1.54, 1.807) is 36.4 Å². The first kappa shape index (κ1) is 20.2. The van der Waals surface area contributed by atoms with Gasteiger partial charge >= 0.3 is 0 Å². The molecule has 0 spiro atoms. The summed E-state index contributed by atoms with van der Waals surface area (Å²) in [5.41, 5.74) is 1.64. The van der Waals surface area contributed by atoms with Gasteiger partial charge in [0, 0.05) is 16.8 Å². The van der Waals surface area contributed by atoms with E-state index in [-0.39, 0.29) is 17.4 Å². The van der Waals surface area contributed by atoms with Crippen molar-refractivity contribution in [2.45, 2.75) is 6.61 Å². The summed E-state index contributed by atoms with van der Waals surface area (Å²) in [6, 6.07) is 15.6. The zero-order chi connectivity index (χ0) is 21.3. The van der Waals surface area contributed by atoms with E-state index in [4.69, 9.17) is 37.1 Å². The van der Waals surface area contributed by atoms with Gasteiger partial charge in [-0.2, -0.15) is 0 Å². The molecular weight excluding hydrogens is 432 g/mol. The Morgan fingerprint density at radius 1 is 0.933 bits per heavy atom. The molecule has 4 aromatic rings. The van der Waals surface area contributed by atoms with Crippen LogP contribution in [0.3, 0.4) is 0 Å². The predicted octanol–water partition coefficient (Wildman–Crippen LogP) is 6.40. The molecule has 0 saturated carbocycles. The number of aliphatic hydroxyl groups excluding tert-OH is 1. The monoisotopic (exact) mass is 445 g/mol. The molecule has 2 aromatic heterocycles. The van der Waals surface area contributed by atoms with E-state index >= 15 is 0 Å². The highest BCUT2D eigenvalue weighted by Gasteiger charge is 2.15. The Hall–Kier alpha value is -3.06. The Kier molecular flexibility index (Phi) is 5.63. The van der Waals surface area contributed by atoms with Crippen molar-refractivity contribution >= 4 is 34.8 Å². The summed E-state index contributed by atoms with van der Waals surface area (Å²) >= 11 is 12.1. The fourth-order valence-corrected chi connectivity index (χ4v) is 3.31. The highest BCUT2D eigenvalue weighted by molar-refractivity contribution is 6.33. The molecule has 152 valence electrons. The average molecular weight is 446 g/mol. The Balaban J connectivity index is 1.51. The van der Waals surface area contributed by atoms with Gasteiger partial charge in [-0.3, -0.25) is 4.79 Å². The molecule has 0 saturated heterocycles. The van der Waals surface area contributed by atoms with Gasteiger partial charge in [0.25, 0.3) is 5.91 Å². The summed E-state index contributed by atoms with van der Waals surface area (Å²) in [6.45, 7) is -0.207. The molecular formula is C22H14Cl2FNO4. The number of benzene rings is 2. The second-order valence-corrected chi connectivity index (χ2v) is 7.18. The van der Waals surface area contributed by atoms with Crippen LogP contribution in [0, 0.1) is 5.82 Å². The van der Waals surface area contributed by atoms with E-state index in [1.807, 2.05) is 0 Å². The summed E-state index contributed by atoms with van der Waals surface area (Å²) < 4.78 is 24.4. The van der Waals surface area contributed by atoms with Crippen LogP contribution in [0.25, 0.3) is 22.6 Å². The molecule has 2 heterocycles. The molecule has 0 bridgehead atoms. The van der Waals surface area contributed by atoms with Crippen molar-refractivity contribution in [1.29, 1.82) is 0 Å². The SMILES string of the molecule is O=C(Nc1ccc(-c2ccc(CO)o2)c(Cl)c1)c1ccc(-c2ccc(F)c(Cl)c2)o1. The van der Waals surface area contributed by atoms with Crippen molar-refractivity contribution in [3.63, 3.8) is 0 Å². The third kappa shape index (κ3) is 4.11. The molecule has 0 unspecified atom stereocenters. The molecule has 0 aliphatic carbocycles. The minimum atomic E-state index is -0.535. The molecule has 8 heteroatoms. The van der Waals surface area contributed by atoms with Gasteiger partial charge in [-0.05, 0) is 60.7 Å². The molecule has 0 radical (unpaired) electrons. The number of halogens is 3. The first-order valence-corrected chi connectivity index (χ1v) is 9.56. The average Bonchev–Trinajstić information content (AvgIpc) is 3.40. The highest BCUT2D eigenvalue weighted by atomic mass is 35.5. The molecule has 30 heavy (non-hydrogen) atoms. The van der Waals surface area contributed by atoms with Gasteiger partial charge in [0.1, 0.15) is 29.7 Å². The van der Waals surface area contributed by atoms with Crippen LogP contribution in [0.4, 0.5) is 10.1 Å². The maximum absolute atomic E-state index is 13.3. The van der Waals surface area contributed by atoms with Gasteiger partial charge in [-0.25, -0.2) is 4.39 Å². The zero-order valence-electron chi connectivity index (χ0n) is 15.3. The van der Waals surface area contributed by atoms with Gasteiger partial charge in [0.05, 0.1) is 10.0 Å². The minimum Gasteiger partial charge on any atom is -0.459 e. The topological polar surface area (TPSA) is 75.6 Å². The Morgan fingerprint density at radius 2 is 1.73 bits per heavy atom. The van der Waals surface area contributed by atoms with Crippen LogP contribution in [0.1, 0.15) is 16.3 Å². The number of aliphatic hydroxyl groups is 1. The number of hydrogen-bond acceptors (Lipinski definition) is 4. The number of hydrogen-bond donors (Lipinski definition) is 2. The van der Waals surface area contributed by atoms with E-state index < -0.39 is 11.7 Å². The lowest BCUT2D eigenvalue weighted by atomic mass is 10.1. The van der Waals surface area contributed by atoms with Crippen LogP contribution in [0.5, 0.6) is 0 Å². The summed E-state index contributed by atoms with van der Waals surface area (Å²) in [5.74, 6) is 0.383. The normalized spacial score (nSPS) is 10.9. The first-order chi connectivity index (χ1) is 14.4. The number of furan rings is 2. The lowest BCUT2D eigenvalue weighted by Gasteiger charge is -2.07. The molecule has 5 nitrogen and oxygen atoms in total. The van der Waals surface area contributed by atoms with Crippen molar-refractivity contribution in [1.82, 2.24) is 0 Å². The van der Waals surface area contributed by atoms with E-state index in [1.165, 1.54) is 24.3 Å². The van der Waals surface area contributed by atoms with Gasteiger partial charge in [-0.15, -0.1) is 0 Å². The standard InChI is InChI=1S/C22H14Cl2FNO4/c23-16-10-13(2-4-15(16)20-6-3-14(11-27)29-20)26-22(28)21-8-7-19(30-21)12-1-5-18(25)17(24)9-12/h1-10,27H,11H2,(H,26,28). The van der Waals surface area contributed by atoms with E-state index in [0.717, 1.165) is 0 Å². The molecule has 0 fully saturated rings. The van der Waals surface area contributed by atoms with Crippen molar-refractivity contribution in [3.05, 3.63) is 88.0 Å². The second-order valence-electron chi connectivity index (χ2n) is 6.37. The second kappa shape index (κ2) is 8.36. The molecule has 0 atom stereocenters. The van der Waals surface area contributed by atoms with Crippen molar-refractivity contribution in [2.24, 2.45) is 0 Å². The number of carbonyl (C=O) groups is 1. The van der Waals surface area contributed by atoms with Gasteiger partial charge < -0.3 is 19.3 Å². The van der Waals surface area contributed by atoms with Gasteiger partial charge in [-0.1, -0.05) is 23.2 Å². The van der Waals surface area contributed by atoms with E-state index in [2.05, 4.69) is 5.32 Å². The first-order valence-electron chi connectivity index (χ1n) is 8.80. The molecule has 4 rings (SSSR count). The quantitative estimate of drug-likeness (QED) is 0.372. The lowest BCUT2D eigenvalue weighted by molar-refractivity contribution is 0.0997. The fraction of sp³-hybridized carbons (Fsp3) is 0.0455. The molecule has 0 aliphatic heterocycles. The van der Waals surface area contributed by atoms with Crippen LogP contribution < -0.4 is 5.32 Å². The number of rotatable bonds is 5. The summed E-state index contributed by atoms with van der Waals surface area (Å²) in [4.78, 5) is 12.5. The Bertz CT molecular complexity index is 1230. The van der Waals surface area contributed by atoms with E-state index in [9.17, 15) is 9.18 Å². The molecule has 0 aliphatic rings. The fourth-order valence-electron chi connectivity index (χ4n) is 2.86. The van der Waals surface area contributed by atoms with Gasteiger partial charge in [0.2, 0.25) is 0 Å². The van der Waals surface area contributed by atoms with Gasteiger partial charge in [0.15, 0.2) is 5.76 Å². The van der Waals surface area contributed by atoms with Crippen LogP contribution in [0.15, 0.2) is 69.5 Å². The lowest BCUT2D eigenvalue weighted by Crippen LogP contribution is -2.10. The third-order valence-electron chi connectivity index (χ3n) is 4.34. The maximum atomic E-state index is 13.3. The number of amides is 1. The van der Waals surface area contributed by atoms with Crippen molar-refractivity contribution < 1.29 is 23.1 Å². The molecule has 1 amide bonds. The largest absolute Gasteiger partial charge is 0.459 e. The summed E-state index contributed by atoms with van der Waals surface area (Å²) in [5, 5.41) is 12.2. The van der Waals surface area contributed by atoms with Crippen LogP contribution >= 0.6 is 23.2 Å².